The Hall–Kier alpha value is -5.80. The Bertz CT molecular complexity index is 2120. The highest BCUT2D eigenvalue weighted by molar-refractivity contribution is 6.06. The Morgan fingerprint density at radius 1 is 0.922 bits per heavy atom. The number of anilines is 1. The minimum Gasteiger partial charge on any atom is -0.496 e. The fraction of sp³-hybridized carbons (Fsp3) is 0.278. The van der Waals surface area contributed by atoms with Crippen LogP contribution in [-0.4, -0.2) is 85.1 Å². The first-order chi connectivity index (χ1) is 24.9. The van der Waals surface area contributed by atoms with Crippen LogP contribution in [0.3, 0.4) is 0 Å². The highest BCUT2D eigenvalue weighted by Crippen LogP contribution is 2.48. The number of amides is 1. The number of halogens is 2. The summed E-state index contributed by atoms with van der Waals surface area (Å²) in [4.78, 5) is 37.6. The molecule has 13 nitrogen and oxygen atoms in total. The fourth-order valence-electron chi connectivity index (χ4n) is 5.82. The number of fused-ring (bicyclic) bond motifs is 3. The molecule has 1 N–H and O–H groups in total. The second-order valence-corrected chi connectivity index (χ2v) is 11.6. The summed E-state index contributed by atoms with van der Waals surface area (Å²) in [5.74, 6) is -1.15. The zero-order valence-corrected chi connectivity index (χ0v) is 27.5. The van der Waals surface area contributed by atoms with Crippen LogP contribution < -0.4 is 34.6 Å². The number of nitrogens with one attached hydrogen (secondary N) is 1. The molecule has 2 aliphatic heterocycles. The van der Waals surface area contributed by atoms with E-state index in [1.807, 2.05) is 0 Å². The molecule has 0 spiro atoms. The summed E-state index contributed by atoms with van der Waals surface area (Å²) in [5, 5.41) is 2.91. The molecule has 0 radical (unpaired) electrons. The second-order valence-electron chi connectivity index (χ2n) is 11.6. The molecule has 1 fully saturated rings. The van der Waals surface area contributed by atoms with Gasteiger partial charge in [-0.25, -0.2) is 18.7 Å². The number of carbonyl (C=O) groups is 1. The summed E-state index contributed by atoms with van der Waals surface area (Å²) in [6.45, 7) is 5.14. The summed E-state index contributed by atoms with van der Waals surface area (Å²) in [5.41, 5.74) is -0.222. The highest BCUT2D eigenvalue weighted by Gasteiger charge is 2.26. The van der Waals surface area contributed by atoms with Gasteiger partial charge in [-0.3, -0.25) is 19.1 Å². The van der Waals surface area contributed by atoms with Gasteiger partial charge in [0.25, 0.3) is 11.5 Å². The number of aromatic nitrogens is 3. The molecule has 0 aliphatic carbocycles. The number of nitrogens with zero attached hydrogens (tertiary/aromatic N) is 4. The van der Waals surface area contributed by atoms with Crippen LogP contribution in [0, 0.1) is 11.6 Å². The van der Waals surface area contributed by atoms with Crippen molar-refractivity contribution in [2.75, 3.05) is 65.1 Å². The van der Waals surface area contributed by atoms with Crippen molar-refractivity contribution >= 4 is 22.5 Å². The Labute approximate surface area is 290 Å². The van der Waals surface area contributed by atoms with Gasteiger partial charge in [-0.15, -0.1) is 0 Å². The molecule has 3 aromatic carbocycles. The third-order valence-corrected chi connectivity index (χ3v) is 8.32. The summed E-state index contributed by atoms with van der Waals surface area (Å²) < 4.78 is 64.8. The standard InChI is InChI=1S/C36H33F2N5O8/c1-46-28-9-11-43(24-6-3-22(37)4-7-24)36(45)31(28)34(44)41-23-5-8-27(25(38)19-23)51-35-30-26(39-21-40-35)20-29(32-33(30)50-18-17-49-32)48-14-2-10-42-12-15-47-16-13-42/h3-9,11,19-21H,2,10,12-18H2,1H3,(H,41,44). The molecule has 51 heavy (non-hydrogen) atoms. The van der Waals surface area contributed by atoms with E-state index in [-0.39, 0.29) is 35.2 Å². The summed E-state index contributed by atoms with van der Waals surface area (Å²) in [6, 6.07) is 12.1. The molecule has 0 unspecified atom stereocenters. The second kappa shape index (κ2) is 15.0. The van der Waals surface area contributed by atoms with E-state index in [0.717, 1.165) is 45.3 Å². The molecule has 2 aromatic heterocycles. The third-order valence-electron chi connectivity index (χ3n) is 8.32. The summed E-state index contributed by atoms with van der Waals surface area (Å²) >= 11 is 0. The largest absolute Gasteiger partial charge is 0.496 e. The lowest BCUT2D eigenvalue weighted by atomic mass is 10.1. The van der Waals surface area contributed by atoms with Crippen LogP contribution in [0.2, 0.25) is 0 Å². The molecule has 1 amide bonds. The Balaban J connectivity index is 1.10. The lowest BCUT2D eigenvalue weighted by Crippen LogP contribution is -2.37. The van der Waals surface area contributed by atoms with Crippen LogP contribution in [0.4, 0.5) is 14.5 Å². The molecule has 15 heteroatoms. The zero-order valence-electron chi connectivity index (χ0n) is 27.5. The van der Waals surface area contributed by atoms with E-state index in [4.69, 9.17) is 28.4 Å². The number of rotatable bonds is 11. The van der Waals surface area contributed by atoms with Crippen LogP contribution in [0.1, 0.15) is 16.8 Å². The maximum atomic E-state index is 15.5. The van der Waals surface area contributed by atoms with Gasteiger partial charge in [0, 0.05) is 49.3 Å². The van der Waals surface area contributed by atoms with E-state index in [1.54, 1.807) is 6.07 Å². The van der Waals surface area contributed by atoms with Gasteiger partial charge in [0.1, 0.15) is 42.1 Å². The number of pyridine rings is 1. The average molecular weight is 702 g/mol. The van der Waals surface area contributed by atoms with Gasteiger partial charge in [-0.1, -0.05) is 0 Å². The normalized spacial score (nSPS) is 14.3. The molecule has 264 valence electrons. The zero-order chi connectivity index (χ0) is 35.3. The van der Waals surface area contributed by atoms with Crippen molar-refractivity contribution in [3.05, 3.63) is 94.7 Å². The first-order valence-electron chi connectivity index (χ1n) is 16.2. The fourth-order valence-corrected chi connectivity index (χ4v) is 5.82. The van der Waals surface area contributed by atoms with Gasteiger partial charge in [-0.05, 0) is 48.9 Å². The van der Waals surface area contributed by atoms with Crippen molar-refractivity contribution in [2.45, 2.75) is 6.42 Å². The maximum absolute atomic E-state index is 15.5. The van der Waals surface area contributed by atoms with Crippen molar-refractivity contribution in [3.8, 4) is 40.3 Å². The molecule has 4 heterocycles. The van der Waals surface area contributed by atoms with Crippen LogP contribution in [-0.2, 0) is 4.74 Å². The van der Waals surface area contributed by atoms with Crippen LogP contribution in [0.5, 0.6) is 34.6 Å². The quantitative estimate of drug-likeness (QED) is 0.187. The monoisotopic (exact) mass is 701 g/mol. The van der Waals surface area contributed by atoms with Crippen molar-refractivity contribution in [3.63, 3.8) is 0 Å². The number of methoxy groups -OCH3 is 1. The van der Waals surface area contributed by atoms with E-state index < -0.39 is 23.1 Å². The van der Waals surface area contributed by atoms with Crippen molar-refractivity contribution < 1.29 is 42.0 Å². The smallest absolute Gasteiger partial charge is 0.271 e. The molecular weight excluding hydrogens is 668 g/mol. The Morgan fingerprint density at radius 3 is 2.47 bits per heavy atom. The van der Waals surface area contributed by atoms with Crippen molar-refractivity contribution in [2.24, 2.45) is 0 Å². The summed E-state index contributed by atoms with van der Waals surface area (Å²) in [6.07, 6.45) is 3.49. The van der Waals surface area contributed by atoms with Gasteiger partial charge in [0.2, 0.25) is 11.6 Å². The van der Waals surface area contributed by atoms with Gasteiger partial charge in [-0.2, -0.15) is 0 Å². The van der Waals surface area contributed by atoms with Crippen LogP contribution >= 0.6 is 0 Å². The molecule has 7 rings (SSSR count). The van der Waals surface area contributed by atoms with Gasteiger partial charge in [0.05, 0.1) is 32.4 Å². The Kier molecular flexibility index (Phi) is 9.90. The molecule has 0 bridgehead atoms. The predicted octanol–water partition coefficient (Wildman–Crippen LogP) is 4.98. The lowest BCUT2D eigenvalue weighted by Gasteiger charge is -2.26. The molecule has 0 saturated carbocycles. The van der Waals surface area contributed by atoms with E-state index >= 15 is 4.39 Å². The third kappa shape index (κ3) is 7.25. The van der Waals surface area contributed by atoms with Gasteiger partial charge in [0.15, 0.2) is 23.1 Å². The van der Waals surface area contributed by atoms with Gasteiger partial charge >= 0.3 is 0 Å². The number of ether oxygens (including phenoxy) is 6. The summed E-state index contributed by atoms with van der Waals surface area (Å²) in [7, 11) is 1.31. The van der Waals surface area contributed by atoms with Gasteiger partial charge < -0.3 is 33.7 Å². The first kappa shape index (κ1) is 33.7. The van der Waals surface area contributed by atoms with E-state index in [1.165, 1.54) is 66.7 Å². The minimum atomic E-state index is -0.842. The Morgan fingerprint density at radius 2 is 1.71 bits per heavy atom. The highest BCUT2D eigenvalue weighted by atomic mass is 19.1. The lowest BCUT2D eigenvalue weighted by molar-refractivity contribution is 0.0357. The molecule has 5 aromatic rings. The first-order valence-corrected chi connectivity index (χ1v) is 16.2. The SMILES string of the molecule is COc1ccn(-c2ccc(F)cc2)c(=O)c1C(=O)Nc1ccc(Oc2ncnc3cc(OCCCN4CCOCC4)c4c(c23)OCCO4)c(F)c1. The number of hydrogen-bond donors (Lipinski definition) is 1. The average Bonchev–Trinajstić information content (AvgIpc) is 3.15. The van der Waals surface area contributed by atoms with Crippen LogP contribution in [0.15, 0.2) is 71.9 Å². The van der Waals surface area contributed by atoms with E-state index in [0.29, 0.717) is 47.1 Å². The van der Waals surface area contributed by atoms with E-state index in [2.05, 4.69) is 20.2 Å². The minimum absolute atomic E-state index is 0.00278. The van der Waals surface area contributed by atoms with E-state index in [9.17, 15) is 14.0 Å². The number of morpholine rings is 1. The number of hydrogen-bond acceptors (Lipinski definition) is 11. The molecule has 0 atom stereocenters. The molecule has 2 aliphatic rings. The topological polar surface area (TPSA) is 136 Å². The molecular formula is C36H33F2N5O8. The van der Waals surface area contributed by atoms with Crippen LogP contribution in [0.25, 0.3) is 16.6 Å². The maximum Gasteiger partial charge on any atom is 0.271 e. The predicted molar refractivity (Wildman–Crippen MR) is 181 cm³/mol. The van der Waals surface area contributed by atoms with Crippen molar-refractivity contribution in [1.82, 2.24) is 19.4 Å². The number of carbonyl (C=O) groups excluding carboxylic acids is 1. The van der Waals surface area contributed by atoms with Crippen molar-refractivity contribution in [1.29, 1.82) is 0 Å². The number of benzene rings is 3. The molecule has 1 saturated heterocycles.